The molecule has 42 heavy (non-hydrogen) atoms. The summed E-state index contributed by atoms with van der Waals surface area (Å²) in [6.07, 6.45) is 3.68. The van der Waals surface area contributed by atoms with E-state index in [2.05, 4.69) is 97.1 Å². The Kier molecular flexibility index (Phi) is 4.87. The molecule has 0 unspecified atom stereocenters. The number of benzene rings is 5. The minimum absolute atomic E-state index is 0.925. The Hall–Kier alpha value is -5.74. The van der Waals surface area contributed by atoms with Crippen LogP contribution in [0, 0.1) is 0 Å². The fraction of sp³-hybridized carbons (Fsp3) is 0. The van der Waals surface area contributed by atoms with Crippen LogP contribution < -0.4 is 0 Å². The lowest BCUT2D eigenvalue weighted by Crippen LogP contribution is -1.93. The van der Waals surface area contributed by atoms with Gasteiger partial charge >= 0.3 is 0 Å². The molecule has 0 fully saturated rings. The summed E-state index contributed by atoms with van der Waals surface area (Å²) in [5.41, 5.74) is 10.3. The summed E-state index contributed by atoms with van der Waals surface area (Å²) in [5.74, 6) is 0. The lowest BCUT2D eigenvalue weighted by Gasteiger charge is -2.15. The summed E-state index contributed by atoms with van der Waals surface area (Å²) in [6.45, 7) is 0. The number of hydrogen-bond donors (Lipinski definition) is 0. The van der Waals surface area contributed by atoms with Gasteiger partial charge in [0.05, 0.1) is 33.1 Å². The standard InChI is InChI=1S/C38H22N4/c1-3-11-31-27(9-1)33(29-19-17-25-7-5-21-39-35(25)37(29)41-31)23-13-15-24(16-14-23)34-28-10-2-4-12-32(28)42-38-30(34)20-18-26-8-6-22-40-36(26)38/h1-22H. The van der Waals surface area contributed by atoms with Crippen LogP contribution in [0.25, 0.3) is 87.7 Å². The predicted molar refractivity (Wildman–Crippen MR) is 174 cm³/mol. The number of fused-ring (bicyclic) bond motifs is 8. The van der Waals surface area contributed by atoms with Gasteiger partial charge in [-0.2, -0.15) is 0 Å². The van der Waals surface area contributed by atoms with Crippen molar-refractivity contribution in [2.75, 3.05) is 0 Å². The summed E-state index contributed by atoms with van der Waals surface area (Å²) in [7, 11) is 0. The van der Waals surface area contributed by atoms with Crippen LogP contribution >= 0.6 is 0 Å². The quantitative estimate of drug-likeness (QED) is 0.164. The molecule has 4 aromatic heterocycles. The topological polar surface area (TPSA) is 51.6 Å². The Bertz CT molecular complexity index is 2340. The van der Waals surface area contributed by atoms with Crippen molar-refractivity contribution in [2.45, 2.75) is 0 Å². The molecule has 194 valence electrons. The van der Waals surface area contributed by atoms with E-state index in [0.717, 1.165) is 76.5 Å². The van der Waals surface area contributed by atoms with Crippen molar-refractivity contribution in [1.29, 1.82) is 0 Å². The monoisotopic (exact) mass is 534 g/mol. The molecular weight excluding hydrogens is 512 g/mol. The van der Waals surface area contributed by atoms with Gasteiger partial charge in [-0.15, -0.1) is 0 Å². The Morgan fingerprint density at radius 3 is 1.26 bits per heavy atom. The van der Waals surface area contributed by atoms with E-state index in [0.29, 0.717) is 0 Å². The van der Waals surface area contributed by atoms with Crippen molar-refractivity contribution in [3.05, 3.63) is 134 Å². The van der Waals surface area contributed by atoms with E-state index in [4.69, 9.17) is 19.9 Å². The normalized spacial score (nSPS) is 11.8. The van der Waals surface area contributed by atoms with Crippen LogP contribution in [-0.4, -0.2) is 19.9 Å². The Morgan fingerprint density at radius 1 is 0.333 bits per heavy atom. The molecule has 0 amide bonds. The molecule has 4 heterocycles. The highest BCUT2D eigenvalue weighted by atomic mass is 14.8. The lowest BCUT2D eigenvalue weighted by molar-refractivity contribution is 1.40. The van der Waals surface area contributed by atoms with Crippen molar-refractivity contribution in [3.63, 3.8) is 0 Å². The van der Waals surface area contributed by atoms with Gasteiger partial charge < -0.3 is 0 Å². The molecule has 0 aliphatic carbocycles. The summed E-state index contributed by atoms with van der Waals surface area (Å²) >= 11 is 0. The van der Waals surface area contributed by atoms with Crippen molar-refractivity contribution < 1.29 is 0 Å². The molecule has 0 saturated heterocycles. The molecule has 0 radical (unpaired) electrons. The number of hydrogen-bond acceptors (Lipinski definition) is 4. The van der Waals surface area contributed by atoms with Gasteiger partial charge in [-0.1, -0.05) is 97.1 Å². The maximum Gasteiger partial charge on any atom is 0.0978 e. The van der Waals surface area contributed by atoms with Gasteiger partial charge in [-0.25, -0.2) is 9.97 Å². The molecule has 4 nitrogen and oxygen atoms in total. The number of rotatable bonds is 2. The predicted octanol–water partition coefficient (Wildman–Crippen LogP) is 9.52. The van der Waals surface area contributed by atoms with Crippen LogP contribution in [0.3, 0.4) is 0 Å². The second-order valence-corrected chi connectivity index (χ2v) is 10.7. The fourth-order valence-electron chi connectivity index (χ4n) is 6.41. The zero-order valence-electron chi connectivity index (χ0n) is 22.5. The zero-order chi connectivity index (χ0) is 27.6. The Labute approximate surface area is 241 Å². The van der Waals surface area contributed by atoms with Gasteiger partial charge in [-0.3, -0.25) is 9.97 Å². The molecule has 9 rings (SSSR count). The number of para-hydroxylation sites is 2. The van der Waals surface area contributed by atoms with Gasteiger partial charge in [-0.05, 0) is 35.4 Å². The third-order valence-electron chi connectivity index (χ3n) is 8.31. The van der Waals surface area contributed by atoms with Crippen LogP contribution in [0.2, 0.25) is 0 Å². The Morgan fingerprint density at radius 2 is 0.786 bits per heavy atom. The van der Waals surface area contributed by atoms with Crippen LogP contribution in [0.1, 0.15) is 0 Å². The first-order valence-electron chi connectivity index (χ1n) is 14.1. The SMILES string of the molecule is c1cnc2c(c1)ccc1c(-c3ccc(-c4c5ccccc5nc5c4ccc4cccnc45)cc3)c3ccccc3nc12. The number of nitrogens with zero attached hydrogens (tertiary/aromatic N) is 4. The highest BCUT2D eigenvalue weighted by Gasteiger charge is 2.16. The van der Waals surface area contributed by atoms with Crippen LogP contribution in [0.4, 0.5) is 0 Å². The summed E-state index contributed by atoms with van der Waals surface area (Å²) in [5, 5.41) is 6.64. The highest BCUT2D eigenvalue weighted by Crippen LogP contribution is 2.40. The van der Waals surface area contributed by atoms with E-state index < -0.39 is 0 Å². The molecule has 0 bridgehead atoms. The molecule has 0 atom stereocenters. The van der Waals surface area contributed by atoms with Gasteiger partial charge in [0, 0.05) is 55.8 Å². The van der Waals surface area contributed by atoms with Crippen molar-refractivity contribution in [3.8, 4) is 22.3 Å². The first-order chi connectivity index (χ1) is 20.8. The van der Waals surface area contributed by atoms with Gasteiger partial charge in [0.1, 0.15) is 0 Å². The van der Waals surface area contributed by atoms with Gasteiger partial charge in [0.25, 0.3) is 0 Å². The first-order valence-corrected chi connectivity index (χ1v) is 14.1. The summed E-state index contributed by atoms with van der Waals surface area (Å²) < 4.78 is 0. The van der Waals surface area contributed by atoms with Gasteiger partial charge in [0.15, 0.2) is 0 Å². The maximum absolute atomic E-state index is 5.07. The second-order valence-electron chi connectivity index (χ2n) is 10.7. The molecule has 9 aromatic rings. The number of pyridine rings is 4. The molecule has 5 aromatic carbocycles. The van der Waals surface area contributed by atoms with Gasteiger partial charge in [0.2, 0.25) is 0 Å². The molecule has 4 heteroatoms. The van der Waals surface area contributed by atoms with E-state index in [1.165, 1.54) is 11.1 Å². The van der Waals surface area contributed by atoms with E-state index in [9.17, 15) is 0 Å². The minimum atomic E-state index is 0.925. The lowest BCUT2D eigenvalue weighted by atomic mass is 9.91. The average molecular weight is 535 g/mol. The number of aromatic nitrogens is 4. The maximum atomic E-state index is 5.07. The van der Waals surface area contributed by atoms with Crippen LogP contribution in [-0.2, 0) is 0 Å². The van der Waals surface area contributed by atoms with Crippen LogP contribution in [0.15, 0.2) is 134 Å². The fourth-order valence-corrected chi connectivity index (χ4v) is 6.41. The van der Waals surface area contributed by atoms with Crippen molar-refractivity contribution in [1.82, 2.24) is 19.9 Å². The molecule has 0 N–H and O–H groups in total. The van der Waals surface area contributed by atoms with E-state index >= 15 is 0 Å². The molecule has 0 aliphatic heterocycles. The van der Waals surface area contributed by atoms with Crippen molar-refractivity contribution >= 4 is 65.4 Å². The van der Waals surface area contributed by atoms with E-state index in [1.54, 1.807) is 0 Å². The highest BCUT2D eigenvalue weighted by molar-refractivity contribution is 6.17. The third-order valence-corrected chi connectivity index (χ3v) is 8.31. The zero-order valence-corrected chi connectivity index (χ0v) is 22.5. The minimum Gasteiger partial charge on any atom is -0.254 e. The summed E-state index contributed by atoms with van der Waals surface area (Å²) in [4.78, 5) is 19.6. The van der Waals surface area contributed by atoms with Crippen molar-refractivity contribution in [2.24, 2.45) is 0 Å². The molecule has 0 saturated carbocycles. The van der Waals surface area contributed by atoms with E-state index in [-0.39, 0.29) is 0 Å². The summed E-state index contributed by atoms with van der Waals surface area (Å²) in [6, 6.07) is 42.5. The molecule has 0 aliphatic rings. The first kappa shape index (κ1) is 23.0. The molecule has 0 spiro atoms. The largest absolute Gasteiger partial charge is 0.254 e. The molecular formula is C38H22N4. The average Bonchev–Trinajstić information content (AvgIpc) is 3.06. The third kappa shape index (κ3) is 3.36. The Balaban J connectivity index is 1.31. The van der Waals surface area contributed by atoms with E-state index in [1.807, 2.05) is 36.7 Å². The second kappa shape index (κ2) is 8.88. The smallest absolute Gasteiger partial charge is 0.0978 e. The van der Waals surface area contributed by atoms with Crippen LogP contribution in [0.5, 0.6) is 0 Å².